The number of nitrogens with zero attached hydrogens (tertiary/aromatic N) is 2. The van der Waals surface area contributed by atoms with Gasteiger partial charge < -0.3 is 14.8 Å². The third-order valence-corrected chi connectivity index (χ3v) is 4.70. The molecule has 1 aromatic heterocycles. The first-order valence-electron chi connectivity index (χ1n) is 8.44. The number of carbonyl (C=O) groups excluding carboxylic acids is 1. The maximum atomic E-state index is 12.6. The van der Waals surface area contributed by atoms with Crippen molar-refractivity contribution in [2.75, 3.05) is 23.3 Å². The van der Waals surface area contributed by atoms with Crippen LogP contribution in [0.5, 0.6) is 0 Å². The highest BCUT2D eigenvalue weighted by Gasteiger charge is 2.16. The van der Waals surface area contributed by atoms with Crippen molar-refractivity contribution >= 4 is 17.3 Å². The molecule has 1 saturated heterocycles. The normalized spacial score (nSPS) is 15.3. The first-order valence-corrected chi connectivity index (χ1v) is 8.44. The summed E-state index contributed by atoms with van der Waals surface area (Å²) in [5, 5.41) is 3.10. The molecule has 1 fully saturated rings. The summed E-state index contributed by atoms with van der Waals surface area (Å²) >= 11 is 0. The topological polar surface area (TPSA) is 37.3 Å². The monoisotopic (exact) mass is 311 g/mol. The van der Waals surface area contributed by atoms with Crippen molar-refractivity contribution in [3.8, 4) is 0 Å². The Morgan fingerprint density at radius 1 is 1.00 bits per heavy atom. The van der Waals surface area contributed by atoms with Crippen molar-refractivity contribution in [2.45, 2.75) is 32.6 Å². The highest BCUT2D eigenvalue weighted by atomic mass is 16.1. The van der Waals surface area contributed by atoms with E-state index < -0.39 is 0 Å². The Morgan fingerprint density at radius 2 is 1.70 bits per heavy atom. The van der Waals surface area contributed by atoms with Crippen molar-refractivity contribution in [3.63, 3.8) is 0 Å². The molecule has 4 heteroatoms. The van der Waals surface area contributed by atoms with E-state index in [0.717, 1.165) is 30.2 Å². The fourth-order valence-electron chi connectivity index (χ4n) is 3.19. The second-order valence-corrected chi connectivity index (χ2v) is 6.29. The molecule has 1 aromatic carbocycles. The van der Waals surface area contributed by atoms with Crippen LogP contribution in [0.2, 0.25) is 0 Å². The number of benzene rings is 1. The summed E-state index contributed by atoms with van der Waals surface area (Å²) in [4.78, 5) is 15.0. The van der Waals surface area contributed by atoms with Crippen LogP contribution in [-0.4, -0.2) is 23.6 Å². The lowest BCUT2D eigenvalue weighted by molar-refractivity contribution is 0.101. The number of amides is 1. The first-order chi connectivity index (χ1) is 11.2. The van der Waals surface area contributed by atoms with Crippen LogP contribution < -0.4 is 10.2 Å². The van der Waals surface area contributed by atoms with Crippen LogP contribution in [0.1, 0.15) is 41.9 Å². The summed E-state index contributed by atoms with van der Waals surface area (Å²) < 4.78 is 1.92. The Bertz CT molecular complexity index is 682. The van der Waals surface area contributed by atoms with Crippen molar-refractivity contribution in [1.82, 2.24) is 4.57 Å². The highest BCUT2D eigenvalue weighted by Crippen LogP contribution is 2.28. The van der Waals surface area contributed by atoms with E-state index in [1.54, 1.807) is 0 Å². The third-order valence-electron chi connectivity index (χ3n) is 4.70. The average molecular weight is 311 g/mol. The van der Waals surface area contributed by atoms with Gasteiger partial charge in [-0.2, -0.15) is 0 Å². The fraction of sp³-hybridized carbons (Fsp3) is 0.421. The number of anilines is 2. The van der Waals surface area contributed by atoms with Gasteiger partial charge in [0.05, 0.1) is 11.4 Å². The van der Waals surface area contributed by atoms with Gasteiger partial charge in [0, 0.05) is 25.8 Å². The van der Waals surface area contributed by atoms with E-state index in [2.05, 4.69) is 16.3 Å². The minimum Gasteiger partial charge on any atom is -0.370 e. The Kier molecular flexibility index (Phi) is 4.70. The van der Waals surface area contributed by atoms with Crippen LogP contribution in [-0.2, 0) is 7.05 Å². The maximum absolute atomic E-state index is 12.6. The molecule has 2 aromatic rings. The average Bonchev–Trinajstić information content (AvgIpc) is 2.77. The van der Waals surface area contributed by atoms with Crippen LogP contribution >= 0.6 is 0 Å². The molecule has 1 N–H and O–H groups in total. The van der Waals surface area contributed by atoms with Crippen molar-refractivity contribution in [3.05, 3.63) is 47.8 Å². The highest BCUT2D eigenvalue weighted by molar-refractivity contribution is 6.05. The molecule has 0 atom stereocenters. The molecule has 2 heterocycles. The van der Waals surface area contributed by atoms with Gasteiger partial charge in [-0.3, -0.25) is 4.79 Å². The van der Waals surface area contributed by atoms with Gasteiger partial charge in [-0.15, -0.1) is 0 Å². The van der Waals surface area contributed by atoms with Crippen molar-refractivity contribution in [2.24, 2.45) is 7.05 Å². The summed E-state index contributed by atoms with van der Waals surface area (Å²) in [6.07, 6.45) is 5.04. The van der Waals surface area contributed by atoms with Crippen LogP contribution in [0.4, 0.5) is 11.4 Å². The summed E-state index contributed by atoms with van der Waals surface area (Å²) in [5.41, 5.74) is 3.80. The van der Waals surface area contributed by atoms with E-state index >= 15 is 0 Å². The van der Waals surface area contributed by atoms with Gasteiger partial charge in [-0.05, 0) is 44.0 Å². The predicted octanol–water partition coefficient (Wildman–Crippen LogP) is 3.97. The zero-order valence-electron chi connectivity index (χ0n) is 14.0. The molecule has 4 nitrogen and oxygen atoms in total. The van der Waals surface area contributed by atoms with Crippen LogP contribution in [0, 0.1) is 6.92 Å². The van der Waals surface area contributed by atoms with Gasteiger partial charge in [0.1, 0.15) is 5.69 Å². The molecule has 0 bridgehead atoms. The zero-order chi connectivity index (χ0) is 16.2. The molecule has 3 rings (SSSR count). The van der Waals surface area contributed by atoms with E-state index in [9.17, 15) is 4.79 Å². The second-order valence-electron chi connectivity index (χ2n) is 6.29. The molecule has 1 aliphatic rings. The summed E-state index contributed by atoms with van der Waals surface area (Å²) in [7, 11) is 1.92. The second kappa shape index (κ2) is 6.90. The quantitative estimate of drug-likeness (QED) is 0.931. The molecule has 0 saturated carbocycles. The predicted molar refractivity (Wildman–Crippen MR) is 95.2 cm³/mol. The Morgan fingerprint density at radius 3 is 2.35 bits per heavy atom. The maximum Gasteiger partial charge on any atom is 0.272 e. The summed E-state index contributed by atoms with van der Waals surface area (Å²) in [6.45, 7) is 4.13. The minimum absolute atomic E-state index is 0.0529. The molecule has 0 radical (unpaired) electrons. The summed E-state index contributed by atoms with van der Waals surface area (Å²) in [5.74, 6) is -0.0529. The molecule has 122 valence electrons. The fourth-order valence-corrected chi connectivity index (χ4v) is 3.19. The van der Waals surface area contributed by atoms with E-state index in [-0.39, 0.29) is 5.91 Å². The van der Waals surface area contributed by atoms with Crippen LogP contribution in [0.15, 0.2) is 36.4 Å². The number of para-hydroxylation sites is 2. The number of nitrogens with one attached hydrogen (secondary N) is 1. The van der Waals surface area contributed by atoms with E-state index in [4.69, 9.17) is 0 Å². The van der Waals surface area contributed by atoms with Crippen molar-refractivity contribution in [1.29, 1.82) is 0 Å². The standard InChI is InChI=1S/C19H25N3O/c1-15-11-12-18(21(15)2)19(23)20-16-9-5-6-10-17(16)22-13-7-3-4-8-14-22/h5-6,9-12H,3-4,7-8,13-14H2,1-2H3,(H,20,23). The third kappa shape index (κ3) is 3.41. The Balaban J connectivity index is 1.82. The lowest BCUT2D eigenvalue weighted by atomic mass is 10.2. The largest absolute Gasteiger partial charge is 0.370 e. The number of hydrogen-bond donors (Lipinski definition) is 1. The smallest absolute Gasteiger partial charge is 0.272 e. The number of hydrogen-bond acceptors (Lipinski definition) is 2. The van der Waals surface area contributed by atoms with E-state index in [0.29, 0.717) is 5.69 Å². The molecule has 23 heavy (non-hydrogen) atoms. The molecule has 0 unspecified atom stereocenters. The Hall–Kier alpha value is -2.23. The van der Waals surface area contributed by atoms with Crippen LogP contribution in [0.25, 0.3) is 0 Å². The first kappa shape index (κ1) is 15.7. The summed E-state index contributed by atoms with van der Waals surface area (Å²) in [6, 6.07) is 12.0. The van der Waals surface area contributed by atoms with Crippen LogP contribution in [0.3, 0.4) is 0 Å². The van der Waals surface area contributed by atoms with Gasteiger partial charge in [0.15, 0.2) is 0 Å². The lowest BCUT2D eigenvalue weighted by Gasteiger charge is -2.25. The Labute approximate surface area is 138 Å². The molecule has 1 aliphatic heterocycles. The number of carbonyl (C=O) groups is 1. The molecule has 0 aliphatic carbocycles. The van der Waals surface area contributed by atoms with Gasteiger partial charge in [0.2, 0.25) is 0 Å². The molecule has 1 amide bonds. The van der Waals surface area contributed by atoms with Gasteiger partial charge in [0.25, 0.3) is 5.91 Å². The lowest BCUT2D eigenvalue weighted by Crippen LogP contribution is -2.26. The number of rotatable bonds is 3. The van der Waals surface area contributed by atoms with Crippen molar-refractivity contribution < 1.29 is 4.79 Å². The molecular weight excluding hydrogens is 286 g/mol. The van der Waals surface area contributed by atoms with Gasteiger partial charge in [-0.25, -0.2) is 0 Å². The van der Waals surface area contributed by atoms with E-state index in [1.807, 2.05) is 48.9 Å². The van der Waals surface area contributed by atoms with Gasteiger partial charge >= 0.3 is 0 Å². The minimum atomic E-state index is -0.0529. The molecular formula is C19H25N3O. The SMILES string of the molecule is Cc1ccc(C(=O)Nc2ccccc2N2CCCCCC2)n1C. The zero-order valence-corrected chi connectivity index (χ0v) is 14.0. The number of aromatic nitrogens is 1. The van der Waals surface area contributed by atoms with Gasteiger partial charge in [-0.1, -0.05) is 25.0 Å². The van der Waals surface area contributed by atoms with E-state index in [1.165, 1.54) is 25.7 Å². The molecule has 0 spiro atoms. The number of aryl methyl sites for hydroxylation is 1.